The lowest BCUT2D eigenvalue weighted by Crippen LogP contribution is -2.33. The molecule has 3 aromatic rings. The first-order valence-electron chi connectivity index (χ1n) is 12.3. The number of anilines is 1. The summed E-state index contributed by atoms with van der Waals surface area (Å²) in [7, 11) is 0. The van der Waals surface area contributed by atoms with Crippen LogP contribution < -0.4 is 14.8 Å². The van der Waals surface area contributed by atoms with E-state index < -0.39 is 0 Å². The largest absolute Gasteiger partial charge is 0.356 e. The molecule has 4 rings (SSSR count). The van der Waals surface area contributed by atoms with E-state index in [0.29, 0.717) is 12.8 Å². The first kappa shape index (κ1) is 24.6. The lowest BCUT2D eigenvalue weighted by Gasteiger charge is -2.18. The first-order valence-corrected chi connectivity index (χ1v) is 13.9. The number of carbonyl (C=O) groups is 1. The van der Waals surface area contributed by atoms with Crippen molar-refractivity contribution in [3.05, 3.63) is 70.2 Å². The van der Waals surface area contributed by atoms with Crippen molar-refractivity contribution in [3.63, 3.8) is 0 Å². The van der Waals surface area contributed by atoms with Crippen LogP contribution in [0.2, 0.25) is 0 Å². The molecule has 2 heterocycles. The number of rotatable bonds is 10. The van der Waals surface area contributed by atoms with E-state index >= 15 is 0 Å². The zero-order valence-corrected chi connectivity index (χ0v) is 22.0. The van der Waals surface area contributed by atoms with Crippen molar-refractivity contribution < 1.29 is 9.36 Å². The number of para-hydroxylation sites is 2. The van der Waals surface area contributed by atoms with E-state index in [1.165, 1.54) is 36.4 Å². The van der Waals surface area contributed by atoms with Gasteiger partial charge in [0.15, 0.2) is 0 Å². The number of nitrogens with zero attached hydrogens (tertiary/aromatic N) is 2. The molecule has 0 unspecified atom stereocenters. The number of fused-ring (bicyclic) bond motifs is 2. The summed E-state index contributed by atoms with van der Waals surface area (Å²) >= 11 is 3.63. The number of thiazole rings is 1. The van der Waals surface area contributed by atoms with E-state index in [1.807, 2.05) is 23.1 Å². The Hall–Kier alpha value is -2.57. The normalized spacial score (nSPS) is 14.7. The molecular formula is C28H34N3OS2+. The molecular weight excluding hydrogens is 458 g/mol. The molecule has 1 amide bonds. The third kappa shape index (κ3) is 5.56. The Kier molecular flexibility index (Phi) is 8.46. The molecule has 0 bridgehead atoms. The van der Waals surface area contributed by atoms with Crippen molar-refractivity contribution in [2.45, 2.75) is 57.9 Å². The van der Waals surface area contributed by atoms with Crippen LogP contribution in [0.5, 0.6) is 0 Å². The van der Waals surface area contributed by atoms with Crippen LogP contribution in [0.25, 0.3) is 16.3 Å². The SMILES string of the molecule is CCCCNC(=O)CCC(=Cc1sc2ccccc2[n+]1CC)C=C1Sc2ccccc2N1CC. The van der Waals surface area contributed by atoms with Crippen LogP contribution in [0, 0.1) is 0 Å². The number of benzene rings is 2. The minimum absolute atomic E-state index is 0.132. The van der Waals surface area contributed by atoms with Gasteiger partial charge in [-0.05, 0) is 56.5 Å². The Morgan fingerprint density at radius 1 is 1.06 bits per heavy atom. The van der Waals surface area contributed by atoms with Gasteiger partial charge in [0.25, 0.3) is 5.01 Å². The average Bonchev–Trinajstić information content (AvgIpc) is 3.39. The van der Waals surface area contributed by atoms with Gasteiger partial charge in [-0.25, -0.2) is 0 Å². The number of nitrogens with one attached hydrogen (secondary N) is 1. The van der Waals surface area contributed by atoms with Gasteiger partial charge in [-0.2, -0.15) is 4.57 Å². The van der Waals surface area contributed by atoms with Crippen molar-refractivity contribution in [1.29, 1.82) is 0 Å². The smallest absolute Gasteiger partial charge is 0.263 e. The number of amides is 1. The summed E-state index contributed by atoms with van der Waals surface area (Å²) in [6, 6.07) is 17.1. The molecule has 1 N–H and O–H groups in total. The van der Waals surface area contributed by atoms with Crippen molar-refractivity contribution in [1.82, 2.24) is 5.32 Å². The molecule has 1 aromatic heterocycles. The molecule has 2 aromatic carbocycles. The number of aromatic nitrogens is 1. The van der Waals surface area contributed by atoms with Gasteiger partial charge in [0.1, 0.15) is 11.2 Å². The fourth-order valence-electron chi connectivity index (χ4n) is 4.23. The predicted molar refractivity (Wildman–Crippen MR) is 146 cm³/mol. The molecule has 4 nitrogen and oxygen atoms in total. The molecule has 0 aliphatic carbocycles. The summed E-state index contributed by atoms with van der Waals surface area (Å²) in [5, 5.41) is 5.52. The fourth-order valence-corrected chi connectivity index (χ4v) is 6.63. The van der Waals surface area contributed by atoms with E-state index in [-0.39, 0.29) is 5.91 Å². The molecule has 1 aliphatic rings. The third-order valence-electron chi connectivity index (χ3n) is 6.02. The third-order valence-corrected chi connectivity index (χ3v) is 8.24. The summed E-state index contributed by atoms with van der Waals surface area (Å²) in [5.74, 6) is 0.132. The van der Waals surface area contributed by atoms with Crippen LogP contribution in [0.4, 0.5) is 5.69 Å². The molecule has 0 fully saturated rings. The molecule has 0 radical (unpaired) electrons. The number of allylic oxidation sites excluding steroid dienone is 2. The maximum atomic E-state index is 12.5. The van der Waals surface area contributed by atoms with Crippen LogP contribution in [0.1, 0.15) is 51.5 Å². The van der Waals surface area contributed by atoms with Crippen molar-refractivity contribution in [2.75, 3.05) is 18.0 Å². The second-order valence-corrected chi connectivity index (χ2v) is 10.5. The molecule has 34 heavy (non-hydrogen) atoms. The Bertz CT molecular complexity index is 1210. The molecule has 0 saturated carbocycles. The predicted octanol–water partition coefficient (Wildman–Crippen LogP) is 6.76. The zero-order chi connectivity index (χ0) is 23.9. The lowest BCUT2D eigenvalue weighted by atomic mass is 10.1. The zero-order valence-electron chi connectivity index (χ0n) is 20.3. The second-order valence-electron chi connectivity index (χ2n) is 8.37. The van der Waals surface area contributed by atoms with Crippen LogP contribution in [-0.4, -0.2) is 19.0 Å². The van der Waals surface area contributed by atoms with Gasteiger partial charge in [0, 0.05) is 36.5 Å². The maximum absolute atomic E-state index is 12.5. The summed E-state index contributed by atoms with van der Waals surface area (Å²) < 4.78 is 3.66. The maximum Gasteiger partial charge on any atom is 0.263 e. The van der Waals surface area contributed by atoms with Crippen LogP contribution in [0.3, 0.4) is 0 Å². The minimum atomic E-state index is 0.132. The highest BCUT2D eigenvalue weighted by molar-refractivity contribution is 8.03. The number of hydrogen-bond acceptors (Lipinski definition) is 4. The highest BCUT2D eigenvalue weighted by Gasteiger charge is 2.24. The van der Waals surface area contributed by atoms with Gasteiger partial charge >= 0.3 is 0 Å². The summed E-state index contributed by atoms with van der Waals surface area (Å²) in [6.07, 6.45) is 7.91. The standard InChI is InChI=1S/C28H33N3OS2/c1-4-7-18-29-26(32)17-16-21(19-27-30(5-2)22-12-8-10-14-24(22)33-27)20-28-31(6-3)23-13-9-11-15-25(23)34-28/h8-15,19-20H,4-7,16-18H2,1-3H3/p+1. The van der Waals surface area contributed by atoms with E-state index in [0.717, 1.165) is 32.5 Å². The molecule has 0 spiro atoms. The Balaban J connectivity index is 1.67. The van der Waals surface area contributed by atoms with E-state index in [4.69, 9.17) is 0 Å². The number of carbonyl (C=O) groups excluding carboxylic acids is 1. The van der Waals surface area contributed by atoms with E-state index in [1.54, 1.807) is 0 Å². The van der Waals surface area contributed by atoms with E-state index in [2.05, 4.69) is 96.2 Å². The van der Waals surface area contributed by atoms with Crippen molar-refractivity contribution in [2.24, 2.45) is 0 Å². The van der Waals surface area contributed by atoms with Crippen LogP contribution >= 0.6 is 23.1 Å². The number of aryl methyl sites for hydroxylation is 1. The number of hydrogen-bond donors (Lipinski definition) is 1. The molecule has 178 valence electrons. The highest BCUT2D eigenvalue weighted by atomic mass is 32.2. The minimum Gasteiger partial charge on any atom is -0.356 e. The molecule has 0 saturated heterocycles. The van der Waals surface area contributed by atoms with Gasteiger partial charge in [-0.1, -0.05) is 60.7 Å². The monoisotopic (exact) mass is 492 g/mol. The van der Waals surface area contributed by atoms with Gasteiger partial charge in [-0.3, -0.25) is 4.79 Å². The average molecular weight is 493 g/mol. The van der Waals surface area contributed by atoms with Crippen molar-refractivity contribution in [3.8, 4) is 0 Å². The van der Waals surface area contributed by atoms with Gasteiger partial charge in [-0.15, -0.1) is 0 Å². The van der Waals surface area contributed by atoms with Crippen molar-refractivity contribution >= 4 is 51.0 Å². The first-order chi connectivity index (χ1) is 16.6. The highest BCUT2D eigenvalue weighted by Crippen LogP contribution is 2.46. The Morgan fingerprint density at radius 3 is 2.65 bits per heavy atom. The lowest BCUT2D eigenvalue weighted by molar-refractivity contribution is -0.665. The topological polar surface area (TPSA) is 36.2 Å². The summed E-state index contributed by atoms with van der Waals surface area (Å²) in [5.41, 5.74) is 3.72. The van der Waals surface area contributed by atoms with Gasteiger partial charge in [0.2, 0.25) is 11.4 Å². The number of unbranched alkanes of at least 4 members (excludes halogenated alkanes) is 1. The number of thioether (sulfide) groups is 1. The van der Waals surface area contributed by atoms with Crippen LogP contribution in [0.15, 0.2) is 70.1 Å². The summed E-state index contributed by atoms with van der Waals surface area (Å²) in [4.78, 5) is 16.2. The Morgan fingerprint density at radius 2 is 1.85 bits per heavy atom. The van der Waals surface area contributed by atoms with Gasteiger partial charge < -0.3 is 10.2 Å². The second kappa shape index (κ2) is 11.7. The van der Waals surface area contributed by atoms with E-state index in [9.17, 15) is 4.79 Å². The molecule has 6 heteroatoms. The Labute approximate surface area is 211 Å². The molecule has 0 atom stereocenters. The van der Waals surface area contributed by atoms with Crippen LogP contribution in [-0.2, 0) is 11.3 Å². The quantitative estimate of drug-likeness (QED) is 0.251. The fraction of sp³-hybridized carbons (Fsp3) is 0.357. The summed E-state index contributed by atoms with van der Waals surface area (Å²) in [6.45, 7) is 9.12. The van der Waals surface area contributed by atoms with Gasteiger partial charge in [0.05, 0.1) is 10.7 Å². The molecule has 1 aliphatic heterocycles.